The van der Waals surface area contributed by atoms with Crippen molar-refractivity contribution in [3.8, 4) is 0 Å². The highest BCUT2D eigenvalue weighted by molar-refractivity contribution is 7.89. The minimum atomic E-state index is -3.92. The topological polar surface area (TPSA) is 57.7 Å². The van der Waals surface area contributed by atoms with E-state index in [4.69, 9.17) is 0 Å². The Morgan fingerprint density at radius 3 is 2.68 bits per heavy atom. The number of hydrogen-bond acceptors (Lipinski definition) is 3. The highest BCUT2D eigenvalue weighted by Gasteiger charge is 2.35. The van der Waals surface area contributed by atoms with Gasteiger partial charge in [0, 0.05) is 27.2 Å². The Kier molecular flexibility index (Phi) is 4.87. The first-order valence-electron chi connectivity index (χ1n) is 7.21. The van der Waals surface area contributed by atoms with Gasteiger partial charge in [0.15, 0.2) is 0 Å². The smallest absolute Gasteiger partial charge is 0.246 e. The number of sulfonamides is 1. The van der Waals surface area contributed by atoms with Gasteiger partial charge in [-0.25, -0.2) is 12.8 Å². The summed E-state index contributed by atoms with van der Waals surface area (Å²) >= 11 is 0. The van der Waals surface area contributed by atoms with Gasteiger partial charge in [-0.05, 0) is 37.5 Å². The molecular formula is C15H21FN2O3S. The van der Waals surface area contributed by atoms with Crippen LogP contribution in [0.15, 0.2) is 23.1 Å². The van der Waals surface area contributed by atoms with Gasteiger partial charge in [-0.2, -0.15) is 4.31 Å². The molecule has 1 heterocycles. The molecule has 0 spiro atoms. The largest absolute Gasteiger partial charge is 0.349 e. The van der Waals surface area contributed by atoms with Crippen LogP contribution in [0.4, 0.5) is 4.39 Å². The normalized spacial score (nSPS) is 19.9. The maximum Gasteiger partial charge on any atom is 0.246 e. The summed E-state index contributed by atoms with van der Waals surface area (Å²) in [4.78, 5) is 13.2. The highest BCUT2D eigenvalue weighted by Crippen LogP contribution is 2.26. The van der Waals surface area contributed by atoms with Gasteiger partial charge in [0.1, 0.15) is 10.7 Å². The molecule has 1 aromatic carbocycles. The van der Waals surface area contributed by atoms with Crippen LogP contribution >= 0.6 is 0 Å². The summed E-state index contributed by atoms with van der Waals surface area (Å²) in [5.41, 5.74) is 0.679. The van der Waals surface area contributed by atoms with Crippen LogP contribution < -0.4 is 0 Å². The van der Waals surface area contributed by atoms with Gasteiger partial charge in [-0.3, -0.25) is 4.79 Å². The molecule has 1 amide bonds. The zero-order valence-electron chi connectivity index (χ0n) is 13.0. The second kappa shape index (κ2) is 6.34. The lowest BCUT2D eigenvalue weighted by molar-refractivity contribution is -0.134. The van der Waals surface area contributed by atoms with Crippen molar-refractivity contribution < 1.29 is 17.6 Å². The van der Waals surface area contributed by atoms with E-state index < -0.39 is 15.8 Å². The molecule has 1 fully saturated rings. The predicted octanol–water partition coefficient (Wildman–Crippen LogP) is 1.62. The summed E-state index contributed by atoms with van der Waals surface area (Å²) in [5, 5.41) is 0. The average molecular weight is 328 g/mol. The number of carbonyl (C=O) groups excluding carboxylic acids is 1. The summed E-state index contributed by atoms with van der Waals surface area (Å²) in [6.07, 6.45) is 1.25. The molecule has 1 aromatic rings. The van der Waals surface area contributed by atoms with Crippen molar-refractivity contribution in [2.75, 3.05) is 27.2 Å². The molecular weight excluding hydrogens is 307 g/mol. The Hall–Kier alpha value is -1.47. The molecule has 0 bridgehead atoms. The highest BCUT2D eigenvalue weighted by atomic mass is 32.2. The number of hydrogen-bond donors (Lipinski definition) is 0. The first-order chi connectivity index (χ1) is 10.2. The summed E-state index contributed by atoms with van der Waals surface area (Å²) < 4.78 is 40.5. The molecule has 0 unspecified atom stereocenters. The van der Waals surface area contributed by atoms with Crippen LogP contribution in [0.5, 0.6) is 0 Å². The molecule has 0 aromatic heterocycles. The Balaban J connectivity index is 2.29. The van der Waals surface area contributed by atoms with E-state index in [9.17, 15) is 17.6 Å². The fourth-order valence-corrected chi connectivity index (χ4v) is 4.35. The number of amides is 1. The summed E-state index contributed by atoms with van der Waals surface area (Å²) in [5.74, 6) is -1.22. The van der Waals surface area contributed by atoms with Crippen LogP contribution in [0.2, 0.25) is 0 Å². The molecule has 122 valence electrons. The maximum absolute atomic E-state index is 13.9. The second-order valence-electron chi connectivity index (χ2n) is 5.87. The fraction of sp³-hybridized carbons (Fsp3) is 0.533. The van der Waals surface area contributed by atoms with Crippen LogP contribution in [-0.4, -0.2) is 50.7 Å². The maximum atomic E-state index is 13.9. The van der Waals surface area contributed by atoms with E-state index in [0.29, 0.717) is 24.9 Å². The standard InChI is InChI=1S/C15H21FN2O3S/c1-11-6-7-13(16)14(9-11)22(20,21)18-8-4-5-12(10-18)15(19)17(2)3/h6-7,9,12H,4-5,8,10H2,1-3H3/t12-/m1/s1. The van der Waals surface area contributed by atoms with Gasteiger partial charge in [0.2, 0.25) is 15.9 Å². The van der Waals surface area contributed by atoms with E-state index in [2.05, 4.69) is 0 Å². The van der Waals surface area contributed by atoms with E-state index in [1.807, 2.05) is 0 Å². The van der Waals surface area contributed by atoms with Gasteiger partial charge in [0.05, 0.1) is 5.92 Å². The molecule has 5 nitrogen and oxygen atoms in total. The van der Waals surface area contributed by atoms with Crippen molar-refractivity contribution >= 4 is 15.9 Å². The molecule has 0 saturated carbocycles. The van der Waals surface area contributed by atoms with Gasteiger partial charge in [-0.15, -0.1) is 0 Å². The second-order valence-corrected chi connectivity index (χ2v) is 7.78. The van der Waals surface area contributed by atoms with Crippen molar-refractivity contribution in [2.24, 2.45) is 5.92 Å². The van der Waals surface area contributed by atoms with Crippen LogP contribution in [0.1, 0.15) is 18.4 Å². The molecule has 1 aliphatic heterocycles. The summed E-state index contributed by atoms with van der Waals surface area (Å²) in [6, 6.07) is 4.03. The number of halogens is 1. The van der Waals surface area contributed by atoms with Gasteiger partial charge in [0.25, 0.3) is 0 Å². The lowest BCUT2D eigenvalue weighted by atomic mass is 9.98. The van der Waals surface area contributed by atoms with Crippen LogP contribution in [-0.2, 0) is 14.8 Å². The van der Waals surface area contributed by atoms with Crippen molar-refractivity contribution in [1.29, 1.82) is 0 Å². The van der Waals surface area contributed by atoms with Crippen LogP contribution in [0, 0.1) is 18.7 Å². The van der Waals surface area contributed by atoms with Gasteiger partial charge >= 0.3 is 0 Å². The van der Waals surface area contributed by atoms with E-state index >= 15 is 0 Å². The Morgan fingerprint density at radius 2 is 2.05 bits per heavy atom. The molecule has 1 saturated heterocycles. The molecule has 0 aliphatic carbocycles. The summed E-state index contributed by atoms with van der Waals surface area (Å²) in [6.45, 7) is 2.13. The zero-order chi connectivity index (χ0) is 16.5. The average Bonchev–Trinajstić information content (AvgIpc) is 2.48. The van der Waals surface area contributed by atoms with Crippen LogP contribution in [0.3, 0.4) is 0 Å². The lowest BCUT2D eigenvalue weighted by Gasteiger charge is -2.32. The van der Waals surface area contributed by atoms with Gasteiger partial charge < -0.3 is 4.90 Å². The van der Waals surface area contributed by atoms with Crippen molar-refractivity contribution in [3.63, 3.8) is 0 Å². The molecule has 2 rings (SSSR count). The minimum Gasteiger partial charge on any atom is -0.349 e. The van der Waals surface area contributed by atoms with E-state index in [1.165, 1.54) is 21.3 Å². The van der Waals surface area contributed by atoms with Gasteiger partial charge in [-0.1, -0.05) is 6.07 Å². The third-order valence-corrected chi connectivity index (χ3v) is 5.76. The van der Waals surface area contributed by atoms with Crippen molar-refractivity contribution in [1.82, 2.24) is 9.21 Å². The number of rotatable bonds is 3. The number of aryl methyl sites for hydroxylation is 1. The predicted molar refractivity (Wildman–Crippen MR) is 81.3 cm³/mol. The van der Waals surface area contributed by atoms with Crippen LogP contribution in [0.25, 0.3) is 0 Å². The third-order valence-electron chi connectivity index (χ3n) is 3.88. The SMILES string of the molecule is Cc1ccc(F)c(S(=O)(=O)N2CCC[C@@H](C(=O)N(C)C)C2)c1. The molecule has 0 N–H and O–H groups in total. The first kappa shape index (κ1) is 16.9. The third kappa shape index (κ3) is 3.30. The number of nitrogens with zero attached hydrogens (tertiary/aromatic N) is 2. The lowest BCUT2D eigenvalue weighted by Crippen LogP contribution is -2.45. The quantitative estimate of drug-likeness (QED) is 0.847. The Bertz CT molecular complexity index is 673. The monoisotopic (exact) mass is 328 g/mol. The van der Waals surface area contributed by atoms with E-state index in [0.717, 1.165) is 6.07 Å². The Morgan fingerprint density at radius 1 is 1.36 bits per heavy atom. The van der Waals surface area contributed by atoms with Crippen molar-refractivity contribution in [3.05, 3.63) is 29.6 Å². The molecule has 0 radical (unpaired) electrons. The van der Waals surface area contributed by atoms with E-state index in [-0.39, 0.29) is 23.3 Å². The number of piperidine rings is 1. The minimum absolute atomic E-state index is 0.0929. The molecule has 1 atom stereocenters. The molecule has 22 heavy (non-hydrogen) atoms. The van der Waals surface area contributed by atoms with Crippen molar-refractivity contribution in [2.45, 2.75) is 24.7 Å². The first-order valence-corrected chi connectivity index (χ1v) is 8.65. The zero-order valence-corrected chi connectivity index (χ0v) is 13.9. The summed E-state index contributed by atoms with van der Waals surface area (Å²) in [7, 11) is -0.622. The van der Waals surface area contributed by atoms with E-state index in [1.54, 1.807) is 21.0 Å². The number of benzene rings is 1. The number of carbonyl (C=O) groups is 1. The fourth-order valence-electron chi connectivity index (χ4n) is 2.67. The Labute approximate surface area is 130 Å². The molecule has 7 heteroatoms. The molecule has 1 aliphatic rings.